The van der Waals surface area contributed by atoms with Crippen LogP contribution in [-0.4, -0.2) is 16.4 Å². The van der Waals surface area contributed by atoms with E-state index in [1.807, 2.05) is 127 Å². The van der Waals surface area contributed by atoms with Crippen LogP contribution in [0.25, 0.3) is 10.9 Å². The second-order valence-corrected chi connectivity index (χ2v) is 11.5. The first kappa shape index (κ1) is 27.4. The summed E-state index contributed by atoms with van der Waals surface area (Å²) >= 11 is 0. The van der Waals surface area contributed by atoms with Crippen LogP contribution in [0.1, 0.15) is 29.2 Å². The maximum absolute atomic E-state index is 15.2. The van der Waals surface area contributed by atoms with E-state index in [-0.39, 0.29) is 11.8 Å². The van der Waals surface area contributed by atoms with Gasteiger partial charge in [-0.25, -0.2) is 0 Å². The number of anilines is 2. The molecular formula is C39H33N3O2. The Labute approximate surface area is 257 Å². The predicted octanol–water partition coefficient (Wildman–Crippen LogP) is 7.80. The highest BCUT2D eigenvalue weighted by Crippen LogP contribution is 2.53. The molecule has 0 fully saturated rings. The van der Waals surface area contributed by atoms with Gasteiger partial charge in [-0.15, -0.1) is 0 Å². The van der Waals surface area contributed by atoms with Gasteiger partial charge in [0.05, 0.1) is 12.5 Å². The summed E-state index contributed by atoms with van der Waals surface area (Å²) in [6.45, 7) is 2.95. The summed E-state index contributed by atoms with van der Waals surface area (Å²) in [5.41, 5.74) is 5.17. The van der Waals surface area contributed by atoms with Crippen LogP contribution in [0.4, 0.5) is 11.4 Å². The minimum atomic E-state index is -1.26. The zero-order chi connectivity index (χ0) is 30.1. The fraction of sp³-hybridized carbons (Fsp3) is 0.128. The molecule has 2 atom stereocenters. The summed E-state index contributed by atoms with van der Waals surface area (Å²) < 4.78 is 2.21. The van der Waals surface area contributed by atoms with Crippen molar-refractivity contribution in [2.45, 2.75) is 25.4 Å². The number of hydrogen-bond donors (Lipinski definition) is 1. The van der Waals surface area contributed by atoms with Crippen molar-refractivity contribution in [1.29, 1.82) is 0 Å². The molecule has 1 N–H and O–H groups in total. The molecular weight excluding hydrogens is 542 g/mol. The van der Waals surface area contributed by atoms with Crippen LogP contribution in [0.2, 0.25) is 0 Å². The molecule has 5 heteroatoms. The Bertz CT molecular complexity index is 1950. The number of aromatic nitrogens is 1. The van der Waals surface area contributed by atoms with Crippen molar-refractivity contribution in [3.05, 3.63) is 168 Å². The van der Waals surface area contributed by atoms with Crippen LogP contribution < -0.4 is 10.2 Å². The van der Waals surface area contributed by atoms with Crippen LogP contribution in [-0.2, 0) is 28.1 Å². The third-order valence-corrected chi connectivity index (χ3v) is 8.88. The molecule has 0 saturated heterocycles. The summed E-state index contributed by atoms with van der Waals surface area (Å²) in [7, 11) is 0. The summed E-state index contributed by atoms with van der Waals surface area (Å²) in [6, 6.07) is 45.9. The molecule has 1 aromatic heterocycles. The number of para-hydroxylation sites is 3. The molecule has 0 saturated carbocycles. The average Bonchev–Trinajstić information content (AvgIpc) is 3.55. The van der Waals surface area contributed by atoms with Gasteiger partial charge >= 0.3 is 0 Å². The van der Waals surface area contributed by atoms with E-state index in [1.54, 1.807) is 0 Å². The third-order valence-electron chi connectivity index (χ3n) is 8.88. The Morgan fingerprint density at radius 2 is 1.25 bits per heavy atom. The molecule has 0 aliphatic carbocycles. The zero-order valence-corrected chi connectivity index (χ0v) is 24.6. The zero-order valence-electron chi connectivity index (χ0n) is 24.6. The topological polar surface area (TPSA) is 54.3 Å². The molecule has 5 nitrogen and oxygen atoms in total. The van der Waals surface area contributed by atoms with Crippen molar-refractivity contribution in [2.75, 3.05) is 10.2 Å². The molecule has 2 heterocycles. The Balaban J connectivity index is 1.44. The van der Waals surface area contributed by atoms with Crippen molar-refractivity contribution in [3.8, 4) is 0 Å². The standard InChI is InChI=1S/C39H33N3O2/c1-28(37(43)40-31-19-9-4-10-20-31)39(33-22-12-14-24-36(33)42(38(39)44)26-30-17-7-3-8-18-30)34-27-41(25-29-15-5-2-6-16-29)35-23-13-11-21-32(34)35/h2-24,27-28H,25-26H2,1H3,(H,40,43)/t28-,39+/m1/s1. The minimum absolute atomic E-state index is 0.0964. The minimum Gasteiger partial charge on any atom is -0.343 e. The van der Waals surface area contributed by atoms with Gasteiger partial charge in [-0.2, -0.15) is 0 Å². The van der Waals surface area contributed by atoms with Crippen LogP contribution in [0.5, 0.6) is 0 Å². The summed E-state index contributed by atoms with van der Waals surface area (Å²) in [6.07, 6.45) is 2.10. The van der Waals surface area contributed by atoms with Gasteiger partial charge in [0.15, 0.2) is 0 Å². The van der Waals surface area contributed by atoms with E-state index >= 15 is 4.79 Å². The van der Waals surface area contributed by atoms with Crippen LogP contribution in [0.3, 0.4) is 0 Å². The lowest BCUT2D eigenvalue weighted by Gasteiger charge is -2.34. The number of nitrogens with one attached hydrogen (secondary N) is 1. The fourth-order valence-electron chi connectivity index (χ4n) is 6.76. The summed E-state index contributed by atoms with van der Waals surface area (Å²) in [5.74, 6) is -1.03. The Hall–Kier alpha value is -5.42. The maximum atomic E-state index is 15.2. The van der Waals surface area contributed by atoms with Crippen LogP contribution in [0, 0.1) is 5.92 Å². The molecule has 2 amide bonds. The predicted molar refractivity (Wildman–Crippen MR) is 177 cm³/mol. The van der Waals surface area contributed by atoms with E-state index in [2.05, 4.69) is 40.3 Å². The normalized spacial score (nSPS) is 16.6. The van der Waals surface area contributed by atoms with E-state index in [4.69, 9.17) is 0 Å². The number of nitrogens with zero attached hydrogens (tertiary/aromatic N) is 2. The quantitative estimate of drug-likeness (QED) is 0.201. The van der Waals surface area contributed by atoms with Gasteiger partial charge in [0.2, 0.25) is 11.8 Å². The first-order valence-corrected chi connectivity index (χ1v) is 15.0. The van der Waals surface area contributed by atoms with Crippen molar-refractivity contribution in [3.63, 3.8) is 0 Å². The second-order valence-electron chi connectivity index (χ2n) is 11.5. The molecule has 0 unspecified atom stereocenters. The van der Waals surface area contributed by atoms with Gasteiger partial charge in [0.25, 0.3) is 0 Å². The van der Waals surface area contributed by atoms with Crippen LogP contribution in [0.15, 0.2) is 146 Å². The van der Waals surface area contributed by atoms with Crippen molar-refractivity contribution in [1.82, 2.24) is 4.57 Å². The third kappa shape index (κ3) is 4.58. The molecule has 1 aliphatic rings. The van der Waals surface area contributed by atoms with E-state index in [0.717, 1.165) is 38.8 Å². The van der Waals surface area contributed by atoms with Gasteiger partial charge in [-0.1, -0.05) is 122 Å². The maximum Gasteiger partial charge on any atom is 0.243 e. The smallest absolute Gasteiger partial charge is 0.243 e. The van der Waals surface area contributed by atoms with Crippen molar-refractivity contribution >= 4 is 34.1 Å². The Morgan fingerprint density at radius 1 is 0.682 bits per heavy atom. The van der Waals surface area contributed by atoms with Gasteiger partial charge in [0.1, 0.15) is 5.41 Å². The average molecular weight is 576 g/mol. The number of carbonyl (C=O) groups is 2. The van der Waals surface area contributed by atoms with Crippen LogP contribution >= 0.6 is 0 Å². The number of carbonyl (C=O) groups excluding carboxylic acids is 2. The number of rotatable bonds is 8. The molecule has 0 spiro atoms. The molecule has 0 bridgehead atoms. The molecule has 44 heavy (non-hydrogen) atoms. The number of hydrogen-bond acceptors (Lipinski definition) is 2. The summed E-state index contributed by atoms with van der Waals surface area (Å²) in [4.78, 5) is 31.3. The first-order chi connectivity index (χ1) is 21.6. The SMILES string of the molecule is C[C@H](C(=O)Nc1ccccc1)[C@]1(c2cn(Cc3ccccc3)c3ccccc23)C(=O)N(Cc2ccccc2)c2ccccc21. The monoisotopic (exact) mass is 575 g/mol. The lowest BCUT2D eigenvalue weighted by atomic mass is 9.66. The first-order valence-electron chi connectivity index (χ1n) is 15.0. The highest BCUT2D eigenvalue weighted by Gasteiger charge is 2.58. The van der Waals surface area contributed by atoms with Gasteiger partial charge in [0, 0.05) is 35.0 Å². The molecule has 1 aliphatic heterocycles. The highest BCUT2D eigenvalue weighted by molar-refractivity contribution is 6.15. The van der Waals surface area contributed by atoms with E-state index in [9.17, 15) is 4.79 Å². The molecule has 0 radical (unpaired) electrons. The van der Waals surface area contributed by atoms with Crippen molar-refractivity contribution < 1.29 is 9.59 Å². The van der Waals surface area contributed by atoms with E-state index in [0.29, 0.717) is 18.8 Å². The Kier molecular flexibility index (Phi) is 7.07. The number of benzene rings is 5. The number of amides is 2. The molecule has 6 aromatic rings. The number of fused-ring (bicyclic) bond motifs is 2. The largest absolute Gasteiger partial charge is 0.343 e. The van der Waals surface area contributed by atoms with E-state index in [1.165, 1.54) is 0 Å². The lowest BCUT2D eigenvalue weighted by molar-refractivity contribution is -0.129. The second kappa shape index (κ2) is 11.3. The van der Waals surface area contributed by atoms with Gasteiger partial charge in [-0.05, 0) is 46.5 Å². The van der Waals surface area contributed by atoms with Gasteiger partial charge in [-0.3, -0.25) is 9.59 Å². The van der Waals surface area contributed by atoms with Gasteiger partial charge < -0.3 is 14.8 Å². The Morgan fingerprint density at radius 3 is 1.95 bits per heavy atom. The molecule has 216 valence electrons. The highest BCUT2D eigenvalue weighted by atomic mass is 16.2. The fourth-order valence-corrected chi connectivity index (χ4v) is 6.76. The summed E-state index contributed by atoms with van der Waals surface area (Å²) in [5, 5.41) is 4.07. The molecule has 5 aromatic carbocycles. The lowest BCUT2D eigenvalue weighted by Crippen LogP contribution is -2.49. The van der Waals surface area contributed by atoms with Crippen molar-refractivity contribution in [2.24, 2.45) is 5.92 Å². The molecule has 7 rings (SSSR count). The van der Waals surface area contributed by atoms with E-state index < -0.39 is 11.3 Å².